The molecule has 0 saturated carbocycles. The minimum absolute atomic E-state index is 0.119. The summed E-state index contributed by atoms with van der Waals surface area (Å²) in [7, 11) is 0. The molecule has 1 saturated heterocycles. The van der Waals surface area contributed by atoms with E-state index in [1.54, 1.807) is 6.08 Å². The Morgan fingerprint density at radius 3 is 3.10 bits per heavy atom. The predicted molar refractivity (Wildman–Crippen MR) is 36.5 cm³/mol. The molecule has 2 unspecified atom stereocenters. The van der Waals surface area contributed by atoms with E-state index in [4.69, 9.17) is 9.47 Å². The van der Waals surface area contributed by atoms with E-state index in [-0.39, 0.29) is 12.9 Å². The first-order valence-corrected chi connectivity index (χ1v) is 3.33. The predicted octanol–water partition coefficient (Wildman–Crippen LogP) is 0.296. The Bertz CT molecular complexity index is 113. The van der Waals surface area contributed by atoms with Gasteiger partial charge in [0.05, 0.1) is 12.7 Å². The summed E-state index contributed by atoms with van der Waals surface area (Å²) in [5.41, 5.74) is 0. The molecule has 0 aliphatic carbocycles. The van der Waals surface area contributed by atoms with Gasteiger partial charge in [0.25, 0.3) is 0 Å². The van der Waals surface area contributed by atoms with Crippen molar-refractivity contribution in [3.05, 3.63) is 12.7 Å². The SMILES string of the molecule is C=CCC1OCOCC1O. The fourth-order valence-corrected chi connectivity index (χ4v) is 0.912. The number of aliphatic hydroxyl groups is 1. The van der Waals surface area contributed by atoms with E-state index in [0.29, 0.717) is 13.0 Å². The summed E-state index contributed by atoms with van der Waals surface area (Å²) in [6, 6.07) is 0. The van der Waals surface area contributed by atoms with Crippen LogP contribution in [-0.2, 0) is 9.47 Å². The Balaban J connectivity index is 2.32. The van der Waals surface area contributed by atoms with Crippen LogP contribution >= 0.6 is 0 Å². The van der Waals surface area contributed by atoms with Crippen LogP contribution in [0.1, 0.15) is 6.42 Å². The van der Waals surface area contributed by atoms with Gasteiger partial charge in [0, 0.05) is 0 Å². The molecular formula is C7H12O3. The van der Waals surface area contributed by atoms with Crippen molar-refractivity contribution in [2.75, 3.05) is 13.4 Å². The first kappa shape index (κ1) is 7.72. The summed E-state index contributed by atoms with van der Waals surface area (Å²) >= 11 is 0. The highest BCUT2D eigenvalue weighted by Gasteiger charge is 2.22. The maximum Gasteiger partial charge on any atom is 0.147 e. The molecule has 0 aromatic carbocycles. The summed E-state index contributed by atoms with van der Waals surface area (Å²) in [4.78, 5) is 0. The molecule has 0 aromatic rings. The Morgan fingerprint density at radius 1 is 1.70 bits per heavy atom. The van der Waals surface area contributed by atoms with Crippen molar-refractivity contribution in [3.8, 4) is 0 Å². The molecule has 3 heteroatoms. The summed E-state index contributed by atoms with van der Waals surface area (Å²) in [5, 5.41) is 9.20. The second-order valence-electron chi connectivity index (χ2n) is 2.29. The molecule has 1 aliphatic rings. The maximum absolute atomic E-state index is 9.20. The summed E-state index contributed by atoms with van der Waals surface area (Å²) < 4.78 is 9.94. The van der Waals surface area contributed by atoms with E-state index in [2.05, 4.69) is 6.58 Å². The molecule has 1 heterocycles. The van der Waals surface area contributed by atoms with Gasteiger partial charge in [-0.15, -0.1) is 6.58 Å². The van der Waals surface area contributed by atoms with Crippen LogP contribution in [0.4, 0.5) is 0 Å². The molecule has 58 valence electrons. The van der Waals surface area contributed by atoms with E-state index >= 15 is 0 Å². The highest BCUT2D eigenvalue weighted by molar-refractivity contribution is 4.79. The van der Waals surface area contributed by atoms with Gasteiger partial charge in [-0.05, 0) is 6.42 Å². The van der Waals surface area contributed by atoms with Crippen LogP contribution in [0.15, 0.2) is 12.7 Å². The standard InChI is InChI=1S/C7H12O3/c1-2-3-7-6(8)4-9-5-10-7/h2,6-8H,1,3-5H2. The Labute approximate surface area is 60.3 Å². The Hall–Kier alpha value is -0.380. The number of rotatable bonds is 2. The van der Waals surface area contributed by atoms with Crippen LogP contribution < -0.4 is 0 Å². The summed E-state index contributed by atoms with van der Waals surface area (Å²) in [5.74, 6) is 0. The van der Waals surface area contributed by atoms with Crippen molar-refractivity contribution in [1.82, 2.24) is 0 Å². The fraction of sp³-hybridized carbons (Fsp3) is 0.714. The van der Waals surface area contributed by atoms with Gasteiger partial charge in [0.2, 0.25) is 0 Å². The van der Waals surface area contributed by atoms with Crippen molar-refractivity contribution >= 4 is 0 Å². The third kappa shape index (κ3) is 1.80. The highest BCUT2D eigenvalue weighted by Crippen LogP contribution is 2.10. The topological polar surface area (TPSA) is 38.7 Å². The van der Waals surface area contributed by atoms with Crippen LogP contribution in [0, 0.1) is 0 Å². The smallest absolute Gasteiger partial charge is 0.147 e. The van der Waals surface area contributed by atoms with E-state index < -0.39 is 6.10 Å². The van der Waals surface area contributed by atoms with Gasteiger partial charge in [0.1, 0.15) is 12.9 Å². The quantitative estimate of drug-likeness (QED) is 0.566. The highest BCUT2D eigenvalue weighted by atomic mass is 16.7. The van der Waals surface area contributed by atoms with Crippen molar-refractivity contribution in [3.63, 3.8) is 0 Å². The largest absolute Gasteiger partial charge is 0.388 e. The zero-order chi connectivity index (χ0) is 7.40. The van der Waals surface area contributed by atoms with Crippen LogP contribution in [0.25, 0.3) is 0 Å². The molecule has 10 heavy (non-hydrogen) atoms. The molecule has 0 amide bonds. The molecule has 1 rings (SSSR count). The molecule has 3 nitrogen and oxygen atoms in total. The lowest BCUT2D eigenvalue weighted by Crippen LogP contribution is -2.38. The van der Waals surface area contributed by atoms with E-state index in [1.165, 1.54) is 0 Å². The van der Waals surface area contributed by atoms with Gasteiger partial charge in [-0.3, -0.25) is 0 Å². The third-order valence-corrected chi connectivity index (χ3v) is 1.48. The summed E-state index contributed by atoms with van der Waals surface area (Å²) in [6.45, 7) is 4.22. The first-order valence-electron chi connectivity index (χ1n) is 3.33. The van der Waals surface area contributed by atoms with Crippen molar-refractivity contribution in [2.24, 2.45) is 0 Å². The van der Waals surface area contributed by atoms with Crippen molar-refractivity contribution in [1.29, 1.82) is 0 Å². The molecular weight excluding hydrogens is 132 g/mol. The van der Waals surface area contributed by atoms with Crippen LogP contribution in [0.5, 0.6) is 0 Å². The zero-order valence-corrected chi connectivity index (χ0v) is 5.82. The van der Waals surface area contributed by atoms with Crippen LogP contribution in [0.2, 0.25) is 0 Å². The van der Waals surface area contributed by atoms with Crippen molar-refractivity contribution < 1.29 is 14.6 Å². The molecule has 0 bridgehead atoms. The normalized spacial score (nSPS) is 33.7. The average Bonchev–Trinajstić information content (AvgIpc) is 1.94. The zero-order valence-electron chi connectivity index (χ0n) is 5.82. The fourth-order valence-electron chi connectivity index (χ4n) is 0.912. The number of ether oxygens (including phenoxy) is 2. The second kappa shape index (κ2) is 3.71. The van der Waals surface area contributed by atoms with Crippen molar-refractivity contribution in [2.45, 2.75) is 18.6 Å². The minimum atomic E-state index is -0.494. The number of hydrogen-bond donors (Lipinski definition) is 1. The maximum atomic E-state index is 9.20. The monoisotopic (exact) mass is 144 g/mol. The Morgan fingerprint density at radius 2 is 2.50 bits per heavy atom. The number of hydrogen-bond acceptors (Lipinski definition) is 3. The van der Waals surface area contributed by atoms with Crippen LogP contribution in [-0.4, -0.2) is 30.7 Å². The van der Waals surface area contributed by atoms with E-state index in [1.807, 2.05) is 0 Å². The molecule has 2 atom stereocenters. The van der Waals surface area contributed by atoms with Gasteiger partial charge < -0.3 is 14.6 Å². The van der Waals surface area contributed by atoms with Gasteiger partial charge in [-0.1, -0.05) is 6.08 Å². The molecule has 1 N–H and O–H groups in total. The van der Waals surface area contributed by atoms with Gasteiger partial charge in [0.15, 0.2) is 0 Å². The molecule has 1 fully saturated rings. The molecule has 1 aliphatic heterocycles. The van der Waals surface area contributed by atoms with Crippen LogP contribution in [0.3, 0.4) is 0 Å². The lowest BCUT2D eigenvalue weighted by atomic mass is 10.1. The molecule has 0 radical (unpaired) electrons. The molecule has 0 aromatic heterocycles. The minimum Gasteiger partial charge on any atom is -0.388 e. The van der Waals surface area contributed by atoms with Gasteiger partial charge in [-0.25, -0.2) is 0 Å². The van der Waals surface area contributed by atoms with E-state index in [9.17, 15) is 5.11 Å². The Kier molecular flexibility index (Phi) is 2.86. The summed E-state index contributed by atoms with van der Waals surface area (Å²) in [6.07, 6.45) is 1.81. The third-order valence-electron chi connectivity index (χ3n) is 1.48. The average molecular weight is 144 g/mol. The van der Waals surface area contributed by atoms with Gasteiger partial charge >= 0.3 is 0 Å². The van der Waals surface area contributed by atoms with Gasteiger partial charge in [-0.2, -0.15) is 0 Å². The van der Waals surface area contributed by atoms with E-state index in [0.717, 1.165) is 0 Å². The lowest BCUT2D eigenvalue weighted by molar-refractivity contribution is -0.191. The lowest BCUT2D eigenvalue weighted by Gasteiger charge is -2.26. The first-order chi connectivity index (χ1) is 4.84. The molecule has 0 spiro atoms. The number of aliphatic hydroxyl groups excluding tert-OH is 1. The second-order valence-corrected chi connectivity index (χ2v) is 2.29.